The Balaban J connectivity index is 2.15. The maximum Gasteiger partial charge on any atom is 0.0914 e. The largest absolute Gasteiger partial charge is 0.387 e. The second-order valence-corrected chi connectivity index (χ2v) is 4.07. The van der Waals surface area contributed by atoms with E-state index in [4.69, 9.17) is 0 Å². The molecule has 2 heteroatoms. The topological polar surface area (TPSA) is 32.3 Å². The van der Waals surface area contributed by atoms with Crippen LogP contribution in [0.1, 0.15) is 11.7 Å². The summed E-state index contributed by atoms with van der Waals surface area (Å²) in [5.74, 6) is 0. The summed E-state index contributed by atoms with van der Waals surface area (Å²) >= 11 is 0. The van der Waals surface area contributed by atoms with Gasteiger partial charge >= 0.3 is 0 Å². The molecule has 0 aliphatic heterocycles. The summed E-state index contributed by atoms with van der Waals surface area (Å²) in [6, 6.07) is 14.2. The van der Waals surface area contributed by atoms with Crippen LogP contribution in [0, 0.1) is 0 Å². The summed E-state index contributed by atoms with van der Waals surface area (Å²) in [4.78, 5) is 0. The molecule has 0 bridgehead atoms. The third-order valence-corrected chi connectivity index (χ3v) is 2.78. The molecule has 2 nitrogen and oxygen atoms in total. The highest BCUT2D eigenvalue weighted by molar-refractivity contribution is 5.83. The Morgan fingerprint density at radius 1 is 1.18 bits per heavy atom. The van der Waals surface area contributed by atoms with E-state index >= 15 is 0 Å². The molecule has 0 heterocycles. The van der Waals surface area contributed by atoms with Gasteiger partial charge < -0.3 is 10.4 Å². The van der Waals surface area contributed by atoms with E-state index in [2.05, 4.69) is 24.0 Å². The molecule has 0 unspecified atom stereocenters. The van der Waals surface area contributed by atoms with Gasteiger partial charge in [0.05, 0.1) is 6.10 Å². The van der Waals surface area contributed by atoms with Crippen molar-refractivity contribution in [1.82, 2.24) is 5.32 Å². The van der Waals surface area contributed by atoms with E-state index in [1.54, 1.807) is 6.08 Å². The van der Waals surface area contributed by atoms with Gasteiger partial charge in [-0.2, -0.15) is 0 Å². The van der Waals surface area contributed by atoms with Crippen molar-refractivity contribution in [3.63, 3.8) is 0 Å². The number of aliphatic hydroxyl groups is 1. The normalized spacial score (nSPS) is 12.5. The summed E-state index contributed by atoms with van der Waals surface area (Å²) in [5.41, 5.74) is 0.945. The Bertz CT molecular complexity index is 507. The SMILES string of the molecule is C=CCNC[C@H](O)c1ccc2ccccc2c1. The highest BCUT2D eigenvalue weighted by Gasteiger charge is 2.06. The Hall–Kier alpha value is -1.64. The molecule has 0 saturated carbocycles. The van der Waals surface area contributed by atoms with Crippen LogP contribution in [0.5, 0.6) is 0 Å². The summed E-state index contributed by atoms with van der Waals surface area (Å²) in [6.45, 7) is 4.89. The average molecular weight is 227 g/mol. The minimum absolute atomic E-state index is 0.473. The fourth-order valence-corrected chi connectivity index (χ4v) is 1.86. The number of hydrogen-bond acceptors (Lipinski definition) is 2. The lowest BCUT2D eigenvalue weighted by Crippen LogP contribution is -2.21. The third kappa shape index (κ3) is 2.93. The molecule has 2 rings (SSSR count). The van der Waals surface area contributed by atoms with Gasteiger partial charge in [0.15, 0.2) is 0 Å². The monoisotopic (exact) mass is 227 g/mol. The number of nitrogens with one attached hydrogen (secondary N) is 1. The molecule has 2 aromatic rings. The molecule has 0 fully saturated rings. The zero-order valence-electron chi connectivity index (χ0n) is 9.76. The molecule has 1 atom stereocenters. The van der Waals surface area contributed by atoms with Crippen LogP contribution in [0.4, 0.5) is 0 Å². The van der Waals surface area contributed by atoms with Gasteiger partial charge in [-0.25, -0.2) is 0 Å². The molecule has 17 heavy (non-hydrogen) atoms. The highest BCUT2D eigenvalue weighted by atomic mass is 16.3. The van der Waals surface area contributed by atoms with Gasteiger partial charge in [0.25, 0.3) is 0 Å². The van der Waals surface area contributed by atoms with E-state index in [-0.39, 0.29) is 0 Å². The molecule has 2 N–H and O–H groups in total. The molecule has 0 amide bonds. The van der Waals surface area contributed by atoms with Gasteiger partial charge in [0.2, 0.25) is 0 Å². The van der Waals surface area contributed by atoms with Gasteiger partial charge in [-0.05, 0) is 22.4 Å². The van der Waals surface area contributed by atoms with E-state index in [1.165, 1.54) is 5.39 Å². The number of fused-ring (bicyclic) bond motifs is 1. The molecule has 0 radical (unpaired) electrons. The van der Waals surface area contributed by atoms with Crippen molar-refractivity contribution < 1.29 is 5.11 Å². The summed E-state index contributed by atoms with van der Waals surface area (Å²) < 4.78 is 0. The van der Waals surface area contributed by atoms with Crippen LogP contribution in [-0.4, -0.2) is 18.2 Å². The van der Waals surface area contributed by atoms with Gasteiger partial charge in [-0.1, -0.05) is 42.5 Å². The van der Waals surface area contributed by atoms with Crippen molar-refractivity contribution in [3.05, 3.63) is 60.7 Å². The first kappa shape index (κ1) is 11.8. The van der Waals surface area contributed by atoms with Crippen LogP contribution in [0.2, 0.25) is 0 Å². The first-order valence-electron chi connectivity index (χ1n) is 5.79. The van der Waals surface area contributed by atoms with Crippen LogP contribution in [-0.2, 0) is 0 Å². The van der Waals surface area contributed by atoms with Crippen LogP contribution >= 0.6 is 0 Å². The molecular formula is C15H17NO. The lowest BCUT2D eigenvalue weighted by atomic mass is 10.0. The smallest absolute Gasteiger partial charge is 0.0914 e. The van der Waals surface area contributed by atoms with E-state index in [0.717, 1.165) is 10.9 Å². The fraction of sp³-hybridized carbons (Fsp3) is 0.200. The Morgan fingerprint density at radius 2 is 1.94 bits per heavy atom. The zero-order valence-corrected chi connectivity index (χ0v) is 9.76. The van der Waals surface area contributed by atoms with Crippen LogP contribution < -0.4 is 5.32 Å². The predicted octanol–water partition coefficient (Wildman–Crippen LogP) is 2.65. The summed E-state index contributed by atoms with van der Waals surface area (Å²) in [6.07, 6.45) is 1.31. The molecule has 0 aliphatic carbocycles. The van der Waals surface area contributed by atoms with Gasteiger partial charge in [0.1, 0.15) is 0 Å². The summed E-state index contributed by atoms with van der Waals surface area (Å²) in [7, 11) is 0. The van der Waals surface area contributed by atoms with E-state index in [9.17, 15) is 5.11 Å². The second-order valence-electron chi connectivity index (χ2n) is 4.07. The van der Waals surface area contributed by atoms with Crippen LogP contribution in [0.15, 0.2) is 55.1 Å². The first-order valence-corrected chi connectivity index (χ1v) is 5.79. The predicted molar refractivity (Wildman–Crippen MR) is 72.0 cm³/mol. The Kier molecular flexibility index (Phi) is 3.91. The molecule has 0 saturated heterocycles. The first-order chi connectivity index (χ1) is 8.31. The van der Waals surface area contributed by atoms with Crippen molar-refractivity contribution in [3.8, 4) is 0 Å². The maximum absolute atomic E-state index is 10.0. The van der Waals surface area contributed by atoms with Crippen LogP contribution in [0.25, 0.3) is 10.8 Å². The van der Waals surface area contributed by atoms with Crippen molar-refractivity contribution in [2.45, 2.75) is 6.10 Å². The van der Waals surface area contributed by atoms with Crippen molar-refractivity contribution >= 4 is 10.8 Å². The average Bonchev–Trinajstić information content (AvgIpc) is 2.38. The number of hydrogen-bond donors (Lipinski definition) is 2. The second kappa shape index (κ2) is 5.62. The van der Waals surface area contributed by atoms with E-state index in [0.29, 0.717) is 13.1 Å². The fourth-order valence-electron chi connectivity index (χ4n) is 1.86. The van der Waals surface area contributed by atoms with Crippen molar-refractivity contribution in [2.75, 3.05) is 13.1 Å². The molecule has 88 valence electrons. The van der Waals surface area contributed by atoms with Gasteiger partial charge in [0, 0.05) is 13.1 Å². The maximum atomic E-state index is 10.0. The lowest BCUT2D eigenvalue weighted by Gasteiger charge is -2.12. The molecule has 0 spiro atoms. The molecule has 0 aromatic heterocycles. The van der Waals surface area contributed by atoms with Crippen molar-refractivity contribution in [1.29, 1.82) is 0 Å². The number of rotatable bonds is 5. The number of aliphatic hydroxyl groups excluding tert-OH is 1. The third-order valence-electron chi connectivity index (χ3n) is 2.78. The number of benzene rings is 2. The highest BCUT2D eigenvalue weighted by Crippen LogP contribution is 2.19. The lowest BCUT2D eigenvalue weighted by molar-refractivity contribution is 0.176. The zero-order chi connectivity index (χ0) is 12.1. The quantitative estimate of drug-likeness (QED) is 0.608. The minimum atomic E-state index is -0.473. The minimum Gasteiger partial charge on any atom is -0.387 e. The van der Waals surface area contributed by atoms with E-state index in [1.807, 2.05) is 30.3 Å². The Labute approximate surface area is 102 Å². The molecular weight excluding hydrogens is 210 g/mol. The summed E-state index contributed by atoms with van der Waals surface area (Å²) in [5, 5.41) is 15.5. The van der Waals surface area contributed by atoms with Gasteiger partial charge in [-0.15, -0.1) is 6.58 Å². The van der Waals surface area contributed by atoms with Gasteiger partial charge in [-0.3, -0.25) is 0 Å². The molecule has 0 aliphatic rings. The standard InChI is InChI=1S/C15H17NO/c1-2-9-16-11-15(17)14-8-7-12-5-3-4-6-13(12)10-14/h2-8,10,15-17H,1,9,11H2/t15-/m0/s1. The van der Waals surface area contributed by atoms with E-state index < -0.39 is 6.10 Å². The molecule has 2 aromatic carbocycles. The van der Waals surface area contributed by atoms with Crippen molar-refractivity contribution in [2.24, 2.45) is 0 Å². The van der Waals surface area contributed by atoms with Crippen LogP contribution in [0.3, 0.4) is 0 Å². The Morgan fingerprint density at radius 3 is 2.71 bits per heavy atom.